The molecule has 1 aliphatic heterocycles. The summed E-state index contributed by atoms with van der Waals surface area (Å²) in [5.41, 5.74) is 1.12. The second-order valence-electron chi connectivity index (χ2n) is 7.72. The van der Waals surface area contributed by atoms with Gasteiger partial charge in [-0.05, 0) is 34.8 Å². The van der Waals surface area contributed by atoms with Crippen LogP contribution in [0.5, 0.6) is 0 Å². The molecule has 1 N–H and O–H groups in total. The monoisotopic (exact) mass is 441 g/mol. The lowest BCUT2D eigenvalue weighted by atomic mass is 10.2. The molecule has 8 nitrogen and oxygen atoms in total. The second kappa shape index (κ2) is 7.61. The Labute approximate surface area is 161 Å². The van der Waals surface area contributed by atoms with Crippen LogP contribution < -0.4 is 0 Å². The van der Waals surface area contributed by atoms with Crippen LogP contribution in [0.2, 0.25) is 25.7 Å². The van der Waals surface area contributed by atoms with Gasteiger partial charge in [0.15, 0.2) is 11.3 Å². The largest absolute Gasteiger partial charge is 0.465 e. The van der Waals surface area contributed by atoms with Gasteiger partial charge in [-0.3, -0.25) is 9.47 Å². The summed E-state index contributed by atoms with van der Waals surface area (Å²) in [7, 11) is -1.18. The third-order valence-corrected chi connectivity index (χ3v) is 6.56. The average molecular weight is 442 g/mol. The molecule has 0 saturated carbocycles. The highest BCUT2D eigenvalue weighted by Gasteiger charge is 2.34. The van der Waals surface area contributed by atoms with Crippen LogP contribution in [0.3, 0.4) is 0 Å². The minimum atomic E-state index is -1.18. The molecule has 26 heavy (non-hydrogen) atoms. The van der Waals surface area contributed by atoms with Gasteiger partial charge in [0.1, 0.15) is 17.2 Å². The molecule has 2 aromatic rings. The molecule has 0 aromatic carbocycles. The van der Waals surface area contributed by atoms with Crippen LogP contribution in [0.15, 0.2) is 10.8 Å². The zero-order valence-corrected chi connectivity index (χ0v) is 17.9. The molecule has 3 rings (SSSR count). The van der Waals surface area contributed by atoms with E-state index < -0.39 is 14.2 Å². The maximum absolute atomic E-state index is 11.6. The van der Waals surface area contributed by atoms with Crippen molar-refractivity contribution in [1.29, 1.82) is 0 Å². The number of fused-ring (bicyclic) bond motifs is 1. The number of hydrogen-bond donors (Lipinski definition) is 1. The molecule has 1 saturated heterocycles. The molecule has 1 atom stereocenters. The molecule has 0 aliphatic carbocycles. The summed E-state index contributed by atoms with van der Waals surface area (Å²) in [5.74, 6) is 0.658. The molecule has 10 heteroatoms. The van der Waals surface area contributed by atoms with E-state index in [2.05, 4.69) is 50.5 Å². The van der Waals surface area contributed by atoms with E-state index in [1.165, 1.54) is 4.90 Å². The summed E-state index contributed by atoms with van der Waals surface area (Å²) in [5, 5.41) is 9.48. The number of rotatable bonds is 6. The van der Waals surface area contributed by atoms with Gasteiger partial charge in [-0.25, -0.2) is 19.7 Å². The third kappa shape index (κ3) is 4.24. The van der Waals surface area contributed by atoms with Crippen LogP contribution >= 0.6 is 15.9 Å². The van der Waals surface area contributed by atoms with Crippen molar-refractivity contribution in [2.24, 2.45) is 0 Å². The molecule has 1 unspecified atom stereocenters. The first-order valence-electron chi connectivity index (χ1n) is 8.72. The topological polar surface area (TPSA) is 93.4 Å². The van der Waals surface area contributed by atoms with Gasteiger partial charge in [0.05, 0.1) is 12.2 Å². The van der Waals surface area contributed by atoms with Gasteiger partial charge in [0, 0.05) is 21.2 Å². The molecule has 142 valence electrons. The molecular weight excluding hydrogens is 418 g/mol. The van der Waals surface area contributed by atoms with Crippen molar-refractivity contribution in [2.75, 3.05) is 13.2 Å². The molecule has 3 heterocycles. The van der Waals surface area contributed by atoms with E-state index >= 15 is 0 Å². The zero-order valence-electron chi connectivity index (χ0n) is 15.3. The minimum absolute atomic E-state index is 0.289. The predicted octanol–water partition coefficient (Wildman–Crippen LogP) is 3.72. The van der Waals surface area contributed by atoms with Crippen molar-refractivity contribution in [3.63, 3.8) is 0 Å². The summed E-state index contributed by atoms with van der Waals surface area (Å²) in [6.45, 7) is 8.41. The fourth-order valence-corrected chi connectivity index (χ4v) is 4.10. The zero-order chi connectivity index (χ0) is 18.9. The van der Waals surface area contributed by atoms with Crippen molar-refractivity contribution in [2.45, 2.75) is 51.3 Å². The molecule has 0 spiro atoms. The number of aromatic nitrogens is 4. The lowest BCUT2D eigenvalue weighted by molar-refractivity contribution is 0.0828. The van der Waals surface area contributed by atoms with Gasteiger partial charge in [0.2, 0.25) is 0 Å². The van der Waals surface area contributed by atoms with Crippen molar-refractivity contribution < 1.29 is 14.6 Å². The molecule has 0 bridgehead atoms. The Morgan fingerprint density at radius 3 is 2.88 bits per heavy atom. The molecule has 1 amide bonds. The highest BCUT2D eigenvalue weighted by Crippen LogP contribution is 2.33. The third-order valence-electron chi connectivity index (χ3n) is 4.47. The van der Waals surface area contributed by atoms with Gasteiger partial charge >= 0.3 is 6.09 Å². The normalized spacial score (nSPS) is 18.0. The summed E-state index contributed by atoms with van der Waals surface area (Å²) >= 11 is 3.32. The fourth-order valence-electron chi connectivity index (χ4n) is 3.07. The minimum Gasteiger partial charge on any atom is -0.465 e. The van der Waals surface area contributed by atoms with E-state index in [1.807, 2.05) is 4.57 Å². The maximum atomic E-state index is 11.6. The van der Waals surface area contributed by atoms with Gasteiger partial charge in [-0.1, -0.05) is 19.6 Å². The fraction of sp³-hybridized carbons (Fsp3) is 0.625. The van der Waals surface area contributed by atoms with Crippen molar-refractivity contribution >= 4 is 41.4 Å². The Balaban J connectivity index is 1.90. The van der Waals surface area contributed by atoms with Crippen molar-refractivity contribution in [3.05, 3.63) is 16.6 Å². The molecule has 1 fully saturated rings. The molecule has 2 aromatic heterocycles. The lowest BCUT2D eigenvalue weighted by Crippen LogP contribution is -2.30. The van der Waals surface area contributed by atoms with Crippen LogP contribution in [0.4, 0.5) is 4.79 Å². The van der Waals surface area contributed by atoms with Gasteiger partial charge in [0.25, 0.3) is 0 Å². The number of likely N-dealkylation sites (tertiary alicyclic amines) is 1. The number of ether oxygens (including phenoxy) is 1. The van der Waals surface area contributed by atoms with E-state index in [0.717, 1.165) is 18.9 Å². The van der Waals surface area contributed by atoms with Gasteiger partial charge in [-0.2, -0.15) is 0 Å². The quantitative estimate of drug-likeness (QED) is 0.542. The van der Waals surface area contributed by atoms with E-state index in [1.54, 1.807) is 6.20 Å². The molecule has 0 radical (unpaired) electrons. The average Bonchev–Trinajstić information content (AvgIpc) is 3.14. The molecule has 1 aliphatic rings. The first-order chi connectivity index (χ1) is 12.3. The number of imidazole rings is 1. The first-order valence-corrected chi connectivity index (χ1v) is 13.2. The van der Waals surface area contributed by atoms with Gasteiger partial charge in [-0.15, -0.1) is 0 Å². The SMILES string of the molecule is C[Si](C)(C)CCOCn1c(C2CCCN2C(=O)O)nc2nc(Br)cnc21. The Morgan fingerprint density at radius 2 is 2.19 bits per heavy atom. The number of hydrogen-bond acceptors (Lipinski definition) is 5. The van der Waals surface area contributed by atoms with E-state index in [0.29, 0.717) is 41.6 Å². The van der Waals surface area contributed by atoms with E-state index in [-0.39, 0.29) is 6.04 Å². The number of carbonyl (C=O) groups is 1. The van der Waals surface area contributed by atoms with Gasteiger partial charge < -0.3 is 9.84 Å². The molecular formula is C16H24BrN5O3Si. The summed E-state index contributed by atoms with van der Waals surface area (Å²) in [6, 6.07) is 0.777. The van der Waals surface area contributed by atoms with Crippen molar-refractivity contribution in [3.8, 4) is 0 Å². The number of nitrogens with zero attached hydrogens (tertiary/aromatic N) is 5. The van der Waals surface area contributed by atoms with Crippen LogP contribution in [-0.2, 0) is 11.5 Å². The summed E-state index contributed by atoms with van der Waals surface area (Å²) < 4.78 is 8.37. The maximum Gasteiger partial charge on any atom is 0.407 e. The highest BCUT2D eigenvalue weighted by molar-refractivity contribution is 9.10. The van der Waals surface area contributed by atoms with Crippen LogP contribution in [0.25, 0.3) is 11.3 Å². The van der Waals surface area contributed by atoms with E-state index in [9.17, 15) is 9.90 Å². The van der Waals surface area contributed by atoms with Crippen LogP contribution in [0, 0.1) is 0 Å². The number of halogens is 1. The first kappa shape index (κ1) is 19.2. The van der Waals surface area contributed by atoms with Crippen LogP contribution in [-0.4, -0.2) is 56.8 Å². The Bertz CT molecular complexity index is 807. The second-order valence-corrected chi connectivity index (χ2v) is 14.2. The lowest BCUT2D eigenvalue weighted by Gasteiger charge is -2.22. The smallest absolute Gasteiger partial charge is 0.407 e. The van der Waals surface area contributed by atoms with Crippen molar-refractivity contribution in [1.82, 2.24) is 24.4 Å². The Kier molecular flexibility index (Phi) is 5.63. The van der Waals surface area contributed by atoms with Crippen LogP contribution in [0.1, 0.15) is 24.7 Å². The Morgan fingerprint density at radius 1 is 1.42 bits per heavy atom. The summed E-state index contributed by atoms with van der Waals surface area (Å²) in [4.78, 5) is 26.4. The summed E-state index contributed by atoms with van der Waals surface area (Å²) in [6.07, 6.45) is 2.26. The van der Waals surface area contributed by atoms with E-state index in [4.69, 9.17) is 4.74 Å². The number of amides is 1. The number of carboxylic acid groups (broad SMARTS) is 1. The standard InChI is InChI=1S/C16H24BrN5O3Si/c1-26(2,3)8-7-25-10-22-14(11-5-4-6-21(11)16(23)24)20-13-15(22)18-9-12(17)19-13/h9,11H,4-8,10H2,1-3H3,(H,23,24). The highest BCUT2D eigenvalue weighted by atomic mass is 79.9. The predicted molar refractivity (Wildman–Crippen MR) is 104 cm³/mol. The Hall–Kier alpha value is -1.52.